The van der Waals surface area contributed by atoms with E-state index in [1.165, 1.54) is 19.3 Å². The molecule has 4 heteroatoms. The molecule has 4 nitrogen and oxygen atoms in total. The predicted octanol–water partition coefficient (Wildman–Crippen LogP) is 3.40. The molecule has 1 aromatic carbocycles. The molecule has 0 unspecified atom stereocenters. The molecule has 0 spiro atoms. The van der Waals surface area contributed by atoms with Crippen molar-refractivity contribution < 1.29 is 9.53 Å². The van der Waals surface area contributed by atoms with Gasteiger partial charge in [-0.2, -0.15) is 0 Å². The number of urea groups is 1. The van der Waals surface area contributed by atoms with Crippen LogP contribution in [0.5, 0.6) is 5.75 Å². The number of rotatable bonds is 3. The first-order chi connectivity index (χ1) is 9.19. The van der Waals surface area contributed by atoms with Gasteiger partial charge in [0.2, 0.25) is 0 Å². The standard InChI is InChI=1S/C15H22N2O2/c1-11-6-3-4-9-14(11)17-15(18)16-12-7-5-8-13(10-12)19-2/h5,7-8,10-11,14H,3-4,6,9H2,1-2H3,(H2,16,17,18)/t11-,14+/m1/s1. The summed E-state index contributed by atoms with van der Waals surface area (Å²) in [6.45, 7) is 2.20. The normalized spacial score (nSPS) is 22.6. The minimum atomic E-state index is -0.132. The van der Waals surface area contributed by atoms with Crippen molar-refractivity contribution in [3.05, 3.63) is 24.3 Å². The van der Waals surface area contributed by atoms with Gasteiger partial charge in [-0.25, -0.2) is 4.79 Å². The number of nitrogens with one attached hydrogen (secondary N) is 2. The van der Waals surface area contributed by atoms with Gasteiger partial charge in [-0.3, -0.25) is 0 Å². The van der Waals surface area contributed by atoms with E-state index in [9.17, 15) is 4.79 Å². The molecule has 0 heterocycles. The molecule has 1 saturated carbocycles. The minimum Gasteiger partial charge on any atom is -0.497 e. The largest absolute Gasteiger partial charge is 0.497 e. The van der Waals surface area contributed by atoms with E-state index in [2.05, 4.69) is 17.6 Å². The molecule has 2 atom stereocenters. The summed E-state index contributed by atoms with van der Waals surface area (Å²) in [7, 11) is 1.61. The number of hydrogen-bond donors (Lipinski definition) is 2. The second kappa shape index (κ2) is 6.45. The molecule has 1 aliphatic carbocycles. The van der Waals surface area contributed by atoms with E-state index in [4.69, 9.17) is 4.74 Å². The van der Waals surface area contributed by atoms with Crippen molar-refractivity contribution in [2.24, 2.45) is 5.92 Å². The van der Waals surface area contributed by atoms with Crippen LogP contribution in [-0.4, -0.2) is 19.2 Å². The van der Waals surface area contributed by atoms with E-state index >= 15 is 0 Å². The van der Waals surface area contributed by atoms with Crippen LogP contribution in [0.15, 0.2) is 24.3 Å². The molecule has 1 aromatic rings. The summed E-state index contributed by atoms with van der Waals surface area (Å²) in [5.74, 6) is 1.30. The smallest absolute Gasteiger partial charge is 0.319 e. The Morgan fingerprint density at radius 3 is 2.84 bits per heavy atom. The van der Waals surface area contributed by atoms with Gasteiger partial charge >= 0.3 is 6.03 Å². The van der Waals surface area contributed by atoms with Crippen molar-refractivity contribution in [2.75, 3.05) is 12.4 Å². The quantitative estimate of drug-likeness (QED) is 0.877. The molecule has 0 aliphatic heterocycles. The number of hydrogen-bond acceptors (Lipinski definition) is 2. The van der Waals surface area contributed by atoms with Crippen LogP contribution in [-0.2, 0) is 0 Å². The molecular formula is C15H22N2O2. The molecule has 0 saturated heterocycles. The van der Waals surface area contributed by atoms with Gasteiger partial charge < -0.3 is 15.4 Å². The lowest BCUT2D eigenvalue weighted by molar-refractivity contribution is 0.232. The van der Waals surface area contributed by atoms with Gasteiger partial charge in [0.05, 0.1) is 7.11 Å². The van der Waals surface area contributed by atoms with Gasteiger partial charge in [-0.1, -0.05) is 25.8 Å². The van der Waals surface area contributed by atoms with Crippen LogP contribution in [0, 0.1) is 5.92 Å². The van der Waals surface area contributed by atoms with Crippen molar-refractivity contribution in [3.63, 3.8) is 0 Å². The van der Waals surface area contributed by atoms with Gasteiger partial charge in [0.25, 0.3) is 0 Å². The van der Waals surface area contributed by atoms with Gasteiger partial charge in [0.15, 0.2) is 0 Å². The van der Waals surface area contributed by atoms with Crippen LogP contribution in [0.2, 0.25) is 0 Å². The van der Waals surface area contributed by atoms with Crippen molar-refractivity contribution in [1.29, 1.82) is 0 Å². The Bertz CT molecular complexity index is 434. The Labute approximate surface area is 114 Å². The zero-order valence-electron chi connectivity index (χ0n) is 11.6. The van der Waals surface area contributed by atoms with Crippen LogP contribution in [0.4, 0.5) is 10.5 Å². The molecule has 2 rings (SSSR count). The second-order valence-electron chi connectivity index (χ2n) is 5.20. The van der Waals surface area contributed by atoms with Crippen molar-refractivity contribution >= 4 is 11.7 Å². The lowest BCUT2D eigenvalue weighted by Crippen LogP contribution is -2.43. The molecule has 19 heavy (non-hydrogen) atoms. The maximum atomic E-state index is 12.0. The maximum absolute atomic E-state index is 12.0. The summed E-state index contributed by atoms with van der Waals surface area (Å²) in [6.07, 6.45) is 4.75. The summed E-state index contributed by atoms with van der Waals surface area (Å²) >= 11 is 0. The van der Waals surface area contributed by atoms with Gasteiger partial charge in [-0.15, -0.1) is 0 Å². The fourth-order valence-electron chi connectivity index (χ4n) is 2.57. The number of carbonyl (C=O) groups is 1. The zero-order valence-corrected chi connectivity index (χ0v) is 11.6. The van der Waals surface area contributed by atoms with Crippen LogP contribution in [0.1, 0.15) is 32.6 Å². The Morgan fingerprint density at radius 2 is 2.11 bits per heavy atom. The zero-order chi connectivity index (χ0) is 13.7. The first kappa shape index (κ1) is 13.7. The number of ether oxygens (including phenoxy) is 1. The van der Waals surface area contributed by atoms with Crippen LogP contribution in [0.25, 0.3) is 0 Å². The molecule has 0 radical (unpaired) electrons. The monoisotopic (exact) mass is 262 g/mol. The highest BCUT2D eigenvalue weighted by Gasteiger charge is 2.22. The molecular weight excluding hydrogens is 240 g/mol. The van der Waals surface area contributed by atoms with E-state index in [1.807, 2.05) is 24.3 Å². The molecule has 104 valence electrons. The summed E-state index contributed by atoms with van der Waals surface area (Å²) in [5.41, 5.74) is 0.750. The summed E-state index contributed by atoms with van der Waals surface area (Å²) < 4.78 is 5.13. The van der Waals surface area contributed by atoms with E-state index in [1.54, 1.807) is 7.11 Å². The lowest BCUT2D eigenvalue weighted by atomic mass is 9.86. The number of amides is 2. The lowest BCUT2D eigenvalue weighted by Gasteiger charge is -2.29. The molecule has 1 fully saturated rings. The maximum Gasteiger partial charge on any atom is 0.319 e. The Balaban J connectivity index is 1.89. The fourth-order valence-corrected chi connectivity index (χ4v) is 2.57. The van der Waals surface area contributed by atoms with Gasteiger partial charge in [0, 0.05) is 17.8 Å². The average Bonchev–Trinajstić information content (AvgIpc) is 2.41. The highest BCUT2D eigenvalue weighted by molar-refractivity contribution is 5.89. The third-order valence-corrected chi connectivity index (χ3v) is 3.76. The second-order valence-corrected chi connectivity index (χ2v) is 5.20. The number of methoxy groups -OCH3 is 1. The summed E-state index contributed by atoms with van der Waals surface area (Å²) in [6, 6.07) is 7.53. The third-order valence-electron chi connectivity index (χ3n) is 3.76. The first-order valence-electron chi connectivity index (χ1n) is 6.90. The van der Waals surface area contributed by atoms with Crippen molar-refractivity contribution in [1.82, 2.24) is 5.32 Å². The van der Waals surface area contributed by atoms with Crippen molar-refractivity contribution in [3.8, 4) is 5.75 Å². The third kappa shape index (κ3) is 3.88. The van der Waals surface area contributed by atoms with E-state index in [-0.39, 0.29) is 6.03 Å². The SMILES string of the molecule is COc1cccc(NC(=O)N[C@H]2CCCC[C@H]2C)c1. The molecule has 2 amide bonds. The first-order valence-corrected chi connectivity index (χ1v) is 6.90. The predicted molar refractivity (Wildman–Crippen MR) is 76.6 cm³/mol. The highest BCUT2D eigenvalue weighted by Crippen LogP contribution is 2.24. The van der Waals surface area contributed by atoms with Crippen LogP contribution in [0.3, 0.4) is 0 Å². The van der Waals surface area contributed by atoms with Gasteiger partial charge in [-0.05, 0) is 30.9 Å². The molecule has 0 aromatic heterocycles. The van der Waals surface area contributed by atoms with E-state index in [0.29, 0.717) is 12.0 Å². The minimum absolute atomic E-state index is 0.132. The van der Waals surface area contributed by atoms with Gasteiger partial charge in [0.1, 0.15) is 5.75 Å². The highest BCUT2D eigenvalue weighted by atomic mass is 16.5. The van der Waals surface area contributed by atoms with E-state index < -0.39 is 0 Å². The number of carbonyl (C=O) groups excluding carboxylic acids is 1. The Morgan fingerprint density at radius 1 is 1.32 bits per heavy atom. The Kier molecular flexibility index (Phi) is 4.66. The molecule has 0 bridgehead atoms. The van der Waals surface area contributed by atoms with Crippen LogP contribution >= 0.6 is 0 Å². The topological polar surface area (TPSA) is 50.4 Å². The summed E-state index contributed by atoms with van der Waals surface area (Å²) in [4.78, 5) is 12.0. The fraction of sp³-hybridized carbons (Fsp3) is 0.533. The van der Waals surface area contributed by atoms with E-state index in [0.717, 1.165) is 17.9 Å². The van der Waals surface area contributed by atoms with Crippen LogP contribution < -0.4 is 15.4 Å². The Hall–Kier alpha value is -1.71. The molecule has 2 N–H and O–H groups in total. The average molecular weight is 262 g/mol. The summed E-state index contributed by atoms with van der Waals surface area (Å²) in [5, 5.41) is 5.92. The van der Waals surface area contributed by atoms with Crippen molar-refractivity contribution in [2.45, 2.75) is 38.6 Å². The number of benzene rings is 1. The number of anilines is 1. The molecule has 1 aliphatic rings.